The molecule has 0 radical (unpaired) electrons. The fraction of sp³-hybridized carbons (Fsp3) is 0.658. The predicted octanol–water partition coefficient (Wildman–Crippen LogP) is 22.5. The topological polar surface area (TPSA) is 78.9 Å². The monoisotopic (exact) mass is 1090 g/mol. The van der Waals surface area contributed by atoms with Gasteiger partial charge >= 0.3 is 17.9 Å². The fourth-order valence-electron chi connectivity index (χ4n) is 8.83. The van der Waals surface area contributed by atoms with Crippen LogP contribution in [0.2, 0.25) is 0 Å². The van der Waals surface area contributed by atoms with Crippen molar-refractivity contribution >= 4 is 17.9 Å². The minimum atomic E-state index is -0.795. The summed E-state index contributed by atoms with van der Waals surface area (Å²) in [6.07, 6.45) is 93.1. The maximum atomic E-state index is 12.9. The SMILES string of the molecule is CC/C=C\C/C=C\C/C=C\C/C=C\C/C=C\C/C=C\C/C=C\CCCCCCCC(=O)OCC(COC(=O)CCCCCCCCCCCCCCC)OC(=O)CCCCCCCCCC/C=C\C/C=C\C/C=C\C/C=C\CC. The van der Waals surface area contributed by atoms with Gasteiger partial charge in [-0.15, -0.1) is 0 Å². The summed E-state index contributed by atoms with van der Waals surface area (Å²) in [5.41, 5.74) is 0. The van der Waals surface area contributed by atoms with E-state index in [9.17, 15) is 14.4 Å². The zero-order valence-electron chi connectivity index (χ0n) is 51.3. The van der Waals surface area contributed by atoms with Crippen molar-refractivity contribution < 1.29 is 28.6 Å². The third-order valence-electron chi connectivity index (χ3n) is 13.7. The first-order chi connectivity index (χ1) is 39.0. The third kappa shape index (κ3) is 64.3. The largest absolute Gasteiger partial charge is 0.462 e. The van der Waals surface area contributed by atoms with E-state index in [1.807, 2.05) is 0 Å². The van der Waals surface area contributed by atoms with Crippen molar-refractivity contribution in [1.29, 1.82) is 0 Å². The predicted molar refractivity (Wildman–Crippen MR) is 343 cm³/mol. The maximum absolute atomic E-state index is 12.9. The van der Waals surface area contributed by atoms with Crippen LogP contribution in [-0.2, 0) is 28.6 Å². The average Bonchev–Trinajstić information content (AvgIpc) is 3.45. The number of hydrogen-bond acceptors (Lipinski definition) is 6. The molecule has 0 saturated heterocycles. The lowest BCUT2D eigenvalue weighted by atomic mass is 10.0. The molecule has 1 atom stereocenters. The zero-order valence-corrected chi connectivity index (χ0v) is 51.3. The number of unbranched alkanes of at least 4 members (excludes halogenated alkanes) is 25. The highest BCUT2D eigenvalue weighted by Crippen LogP contribution is 2.16. The molecule has 1 unspecified atom stereocenters. The van der Waals surface area contributed by atoms with Gasteiger partial charge in [-0.2, -0.15) is 0 Å². The Balaban J connectivity index is 4.40. The van der Waals surface area contributed by atoms with E-state index in [1.54, 1.807) is 0 Å². The van der Waals surface area contributed by atoms with Crippen molar-refractivity contribution in [3.05, 3.63) is 134 Å². The van der Waals surface area contributed by atoms with E-state index in [1.165, 1.54) is 96.3 Å². The van der Waals surface area contributed by atoms with Gasteiger partial charge in [0.15, 0.2) is 6.10 Å². The molecule has 0 saturated carbocycles. The van der Waals surface area contributed by atoms with E-state index in [0.29, 0.717) is 19.3 Å². The summed E-state index contributed by atoms with van der Waals surface area (Å²) in [6.45, 7) is 6.40. The molecule has 0 amide bonds. The molecular formula is C73H120O6. The Morgan fingerprint density at radius 1 is 0.266 bits per heavy atom. The number of carbonyl (C=O) groups is 3. The molecule has 448 valence electrons. The number of esters is 3. The molecular weight excluding hydrogens is 973 g/mol. The van der Waals surface area contributed by atoms with Crippen molar-refractivity contribution in [1.82, 2.24) is 0 Å². The van der Waals surface area contributed by atoms with E-state index >= 15 is 0 Å². The molecule has 6 heteroatoms. The minimum Gasteiger partial charge on any atom is -0.462 e. The molecule has 0 aliphatic rings. The lowest BCUT2D eigenvalue weighted by Gasteiger charge is -2.18. The van der Waals surface area contributed by atoms with Crippen LogP contribution in [0.3, 0.4) is 0 Å². The van der Waals surface area contributed by atoms with Crippen LogP contribution in [0.4, 0.5) is 0 Å². The Morgan fingerprint density at radius 2 is 0.494 bits per heavy atom. The molecule has 0 aliphatic carbocycles. The molecule has 0 aliphatic heterocycles. The number of allylic oxidation sites excluding steroid dienone is 22. The van der Waals surface area contributed by atoms with Gasteiger partial charge in [0.2, 0.25) is 0 Å². The molecule has 0 bridgehead atoms. The average molecular weight is 1090 g/mol. The molecule has 0 aromatic heterocycles. The Labute approximate surface area is 487 Å². The Hall–Kier alpha value is -4.45. The van der Waals surface area contributed by atoms with Crippen molar-refractivity contribution in [2.45, 2.75) is 297 Å². The van der Waals surface area contributed by atoms with Crippen LogP contribution in [0.25, 0.3) is 0 Å². The molecule has 0 aromatic rings. The van der Waals surface area contributed by atoms with Gasteiger partial charge < -0.3 is 14.2 Å². The minimum absolute atomic E-state index is 0.0889. The van der Waals surface area contributed by atoms with Crippen LogP contribution in [0.5, 0.6) is 0 Å². The normalized spacial score (nSPS) is 13.0. The molecule has 0 N–H and O–H groups in total. The molecule has 0 spiro atoms. The van der Waals surface area contributed by atoms with Gasteiger partial charge in [-0.1, -0.05) is 289 Å². The second-order valence-corrected chi connectivity index (χ2v) is 21.3. The zero-order chi connectivity index (χ0) is 57.1. The highest BCUT2D eigenvalue weighted by Gasteiger charge is 2.19. The van der Waals surface area contributed by atoms with Crippen LogP contribution < -0.4 is 0 Å². The van der Waals surface area contributed by atoms with Crippen LogP contribution in [0.1, 0.15) is 290 Å². The lowest BCUT2D eigenvalue weighted by molar-refractivity contribution is -0.167. The van der Waals surface area contributed by atoms with Gasteiger partial charge in [0.25, 0.3) is 0 Å². The summed E-state index contributed by atoms with van der Waals surface area (Å²) in [5.74, 6) is -0.912. The Bertz CT molecular complexity index is 1680. The molecule has 0 aromatic carbocycles. The molecule has 0 fully saturated rings. The standard InChI is InChI=1S/C73H120O6/c1-4-7-10-13-16-19-22-25-27-29-31-33-34-35-36-37-38-40-41-43-45-48-51-54-57-60-63-66-72(75)78-69-70(68-77-71(74)65-62-59-56-53-50-47-24-21-18-15-12-9-6-3)79-73(76)67-64-61-58-55-52-49-46-44-42-39-32-30-28-26-23-20-17-14-11-8-5-2/h7-8,10-11,16-17,19-20,25-28,31-33,35-36,38-40,43,45,70H,4-6,9,12-15,18,21-24,29-30,34,37,41-42,44,46-69H2,1-3H3/b10-7-,11-8-,19-16-,20-17-,27-25-,28-26-,33-31-,36-35-,39-32-,40-38-,45-43-. The van der Waals surface area contributed by atoms with Gasteiger partial charge in [-0.05, 0) is 116 Å². The second-order valence-electron chi connectivity index (χ2n) is 21.3. The van der Waals surface area contributed by atoms with E-state index in [0.717, 1.165) is 154 Å². The van der Waals surface area contributed by atoms with E-state index in [2.05, 4.69) is 154 Å². The van der Waals surface area contributed by atoms with Gasteiger partial charge in [0, 0.05) is 19.3 Å². The first-order valence-corrected chi connectivity index (χ1v) is 32.7. The summed E-state index contributed by atoms with van der Waals surface area (Å²) < 4.78 is 16.9. The number of ether oxygens (including phenoxy) is 3. The highest BCUT2D eigenvalue weighted by atomic mass is 16.6. The summed E-state index contributed by atoms with van der Waals surface area (Å²) in [5, 5.41) is 0. The summed E-state index contributed by atoms with van der Waals surface area (Å²) in [4.78, 5) is 38.3. The van der Waals surface area contributed by atoms with E-state index in [4.69, 9.17) is 14.2 Å². The molecule has 0 rings (SSSR count). The van der Waals surface area contributed by atoms with Gasteiger partial charge in [0.05, 0.1) is 0 Å². The number of carbonyl (C=O) groups excluding carboxylic acids is 3. The van der Waals surface area contributed by atoms with Crippen LogP contribution in [0.15, 0.2) is 134 Å². The van der Waals surface area contributed by atoms with Gasteiger partial charge in [-0.25, -0.2) is 0 Å². The van der Waals surface area contributed by atoms with Crippen LogP contribution in [0, 0.1) is 0 Å². The highest BCUT2D eigenvalue weighted by molar-refractivity contribution is 5.71. The Kier molecular flexibility index (Phi) is 62.3. The van der Waals surface area contributed by atoms with E-state index in [-0.39, 0.29) is 31.1 Å². The van der Waals surface area contributed by atoms with Crippen molar-refractivity contribution in [2.24, 2.45) is 0 Å². The maximum Gasteiger partial charge on any atom is 0.306 e. The summed E-state index contributed by atoms with van der Waals surface area (Å²) in [7, 11) is 0. The van der Waals surface area contributed by atoms with E-state index < -0.39 is 6.10 Å². The van der Waals surface area contributed by atoms with Gasteiger partial charge in [0.1, 0.15) is 13.2 Å². The quantitative estimate of drug-likeness (QED) is 0.0261. The first kappa shape index (κ1) is 74.5. The first-order valence-electron chi connectivity index (χ1n) is 32.7. The van der Waals surface area contributed by atoms with Crippen LogP contribution >= 0.6 is 0 Å². The second kappa shape index (κ2) is 66.1. The molecule has 79 heavy (non-hydrogen) atoms. The van der Waals surface area contributed by atoms with Crippen molar-refractivity contribution in [3.63, 3.8) is 0 Å². The number of hydrogen-bond donors (Lipinski definition) is 0. The van der Waals surface area contributed by atoms with Crippen molar-refractivity contribution in [2.75, 3.05) is 13.2 Å². The molecule has 6 nitrogen and oxygen atoms in total. The smallest absolute Gasteiger partial charge is 0.306 e. The lowest BCUT2D eigenvalue weighted by Crippen LogP contribution is -2.30. The number of rotatable bonds is 58. The third-order valence-corrected chi connectivity index (χ3v) is 13.7. The molecule has 0 heterocycles. The van der Waals surface area contributed by atoms with Crippen LogP contribution in [-0.4, -0.2) is 37.2 Å². The van der Waals surface area contributed by atoms with Crippen molar-refractivity contribution in [3.8, 4) is 0 Å². The summed E-state index contributed by atoms with van der Waals surface area (Å²) in [6, 6.07) is 0. The fourth-order valence-corrected chi connectivity index (χ4v) is 8.83. The Morgan fingerprint density at radius 3 is 0.772 bits per heavy atom. The summed E-state index contributed by atoms with van der Waals surface area (Å²) >= 11 is 0. The van der Waals surface area contributed by atoms with Gasteiger partial charge in [-0.3, -0.25) is 14.4 Å².